The van der Waals surface area contributed by atoms with Crippen LogP contribution in [0.15, 0.2) is 176 Å². The Bertz CT molecular complexity index is 3560. The van der Waals surface area contributed by atoms with E-state index >= 15 is 0 Å². The number of nitrogens with zero attached hydrogens (tertiary/aromatic N) is 5. The summed E-state index contributed by atoms with van der Waals surface area (Å²) < 4.78 is 4.75. The fraction of sp³-hybridized carbons (Fsp3) is 0.125. The number of hydrogen-bond donors (Lipinski definition) is 0. The van der Waals surface area contributed by atoms with Crippen LogP contribution in [0.1, 0.15) is 45.2 Å². The summed E-state index contributed by atoms with van der Waals surface area (Å²) in [6, 6.07) is 63.2. The molecule has 0 bridgehead atoms. The van der Waals surface area contributed by atoms with Crippen LogP contribution in [0.5, 0.6) is 0 Å². The summed E-state index contributed by atoms with van der Waals surface area (Å²) in [5.74, 6) is 1.83. The summed E-state index contributed by atoms with van der Waals surface area (Å²) in [7, 11) is 0. The fourth-order valence-electron chi connectivity index (χ4n) is 10.9. The molecule has 0 fully saturated rings. The van der Waals surface area contributed by atoms with Gasteiger partial charge in [0.2, 0.25) is 5.95 Å². The zero-order chi connectivity index (χ0) is 41.0. The summed E-state index contributed by atoms with van der Waals surface area (Å²) >= 11 is 0. The molecular formula is C56H43N5. The van der Waals surface area contributed by atoms with Crippen molar-refractivity contribution >= 4 is 54.4 Å². The molecule has 12 rings (SSSR count). The Morgan fingerprint density at radius 3 is 1.77 bits per heavy atom. The number of fused-ring (bicyclic) bond motifs is 9. The second-order valence-corrected chi connectivity index (χ2v) is 18.0. The number of aromatic nitrogens is 5. The van der Waals surface area contributed by atoms with E-state index in [0.29, 0.717) is 17.6 Å². The van der Waals surface area contributed by atoms with Gasteiger partial charge < -0.3 is 4.57 Å². The van der Waals surface area contributed by atoms with Gasteiger partial charge in [-0.05, 0) is 74.5 Å². The highest BCUT2D eigenvalue weighted by atomic mass is 15.2. The predicted molar refractivity (Wildman–Crippen MR) is 253 cm³/mol. The third-order valence-corrected chi connectivity index (χ3v) is 13.1. The molecule has 3 heterocycles. The molecule has 5 heteroatoms. The first-order valence-electron chi connectivity index (χ1n) is 21.3. The van der Waals surface area contributed by atoms with Crippen molar-refractivity contribution in [1.29, 1.82) is 0 Å². The van der Waals surface area contributed by atoms with Crippen LogP contribution in [-0.2, 0) is 10.8 Å². The smallest absolute Gasteiger partial charge is 0.238 e. The van der Waals surface area contributed by atoms with Gasteiger partial charge in [-0.3, -0.25) is 4.57 Å². The van der Waals surface area contributed by atoms with Crippen LogP contribution in [0, 0.1) is 0 Å². The van der Waals surface area contributed by atoms with Gasteiger partial charge in [-0.25, -0.2) is 4.98 Å². The summed E-state index contributed by atoms with van der Waals surface area (Å²) in [5, 5.41) is 6.89. The number of benzene rings is 8. The molecule has 0 N–H and O–H groups in total. The van der Waals surface area contributed by atoms with E-state index in [9.17, 15) is 0 Å². The molecule has 0 radical (unpaired) electrons. The van der Waals surface area contributed by atoms with Crippen molar-refractivity contribution in [1.82, 2.24) is 24.1 Å². The largest absolute Gasteiger partial charge is 0.307 e. The van der Waals surface area contributed by atoms with E-state index in [4.69, 9.17) is 15.0 Å². The van der Waals surface area contributed by atoms with Crippen LogP contribution < -0.4 is 0 Å². The van der Waals surface area contributed by atoms with E-state index in [2.05, 4.69) is 195 Å². The lowest BCUT2D eigenvalue weighted by molar-refractivity contribution is 0.403. The maximum absolute atomic E-state index is 5.43. The molecule has 1 aliphatic carbocycles. The SMILES string of the molecule is CC1(C)CC(C)(C)c2c(-c3cccc(-n4c5ccccc5c5ccc6c7ccccc7n(-c7nc(-c8ccccc8)nc(-c8cccc9ccccc89)n7)c6c54)c3)cccc21. The van der Waals surface area contributed by atoms with Crippen LogP contribution in [0.25, 0.3) is 99.9 Å². The molecule has 11 aromatic rings. The molecule has 1 aliphatic rings. The van der Waals surface area contributed by atoms with Crippen LogP contribution in [-0.4, -0.2) is 24.1 Å². The van der Waals surface area contributed by atoms with E-state index in [1.54, 1.807) is 0 Å². The monoisotopic (exact) mass is 785 g/mol. The molecule has 0 aliphatic heterocycles. The van der Waals surface area contributed by atoms with Crippen LogP contribution in [0.2, 0.25) is 0 Å². The molecule has 0 spiro atoms. The number of hydrogen-bond acceptors (Lipinski definition) is 3. The average molecular weight is 786 g/mol. The summed E-state index contributed by atoms with van der Waals surface area (Å²) in [6.45, 7) is 9.60. The van der Waals surface area contributed by atoms with Gasteiger partial charge in [0.1, 0.15) is 0 Å². The topological polar surface area (TPSA) is 48.5 Å². The van der Waals surface area contributed by atoms with E-state index in [1.165, 1.54) is 33.0 Å². The number of rotatable bonds is 5. The molecule has 8 aromatic carbocycles. The normalized spacial score (nSPS) is 14.4. The molecule has 5 nitrogen and oxygen atoms in total. The lowest BCUT2D eigenvalue weighted by Crippen LogP contribution is -2.18. The molecule has 0 saturated carbocycles. The average Bonchev–Trinajstić information content (AvgIpc) is 3.88. The lowest BCUT2D eigenvalue weighted by Gasteiger charge is -2.24. The quantitative estimate of drug-likeness (QED) is 0.175. The first kappa shape index (κ1) is 35.6. The van der Waals surface area contributed by atoms with E-state index in [1.807, 2.05) is 18.2 Å². The van der Waals surface area contributed by atoms with Gasteiger partial charge in [-0.1, -0.05) is 179 Å². The second kappa shape index (κ2) is 13.1. The van der Waals surface area contributed by atoms with Crippen molar-refractivity contribution in [3.63, 3.8) is 0 Å². The maximum atomic E-state index is 5.43. The van der Waals surface area contributed by atoms with Crippen molar-refractivity contribution in [2.24, 2.45) is 0 Å². The van der Waals surface area contributed by atoms with Crippen molar-refractivity contribution in [2.75, 3.05) is 0 Å². The molecule has 0 atom stereocenters. The third kappa shape index (κ3) is 5.36. The van der Waals surface area contributed by atoms with Gasteiger partial charge in [0.25, 0.3) is 0 Å². The Balaban J connectivity index is 1.18. The zero-order valence-electron chi connectivity index (χ0n) is 34.7. The first-order valence-corrected chi connectivity index (χ1v) is 21.3. The summed E-state index contributed by atoms with van der Waals surface area (Å²) in [6.07, 6.45) is 1.12. The van der Waals surface area contributed by atoms with Crippen LogP contribution >= 0.6 is 0 Å². The minimum Gasteiger partial charge on any atom is -0.307 e. The Kier molecular flexibility index (Phi) is 7.62. The first-order chi connectivity index (χ1) is 29.7. The summed E-state index contributed by atoms with van der Waals surface area (Å²) in [5.41, 5.74) is 13.0. The second-order valence-electron chi connectivity index (χ2n) is 18.0. The minimum atomic E-state index is 0.0550. The van der Waals surface area contributed by atoms with Gasteiger partial charge in [0.15, 0.2) is 11.6 Å². The van der Waals surface area contributed by atoms with Crippen molar-refractivity contribution < 1.29 is 0 Å². The number of para-hydroxylation sites is 2. The molecule has 3 aromatic heterocycles. The Morgan fingerprint density at radius 2 is 1.00 bits per heavy atom. The highest BCUT2D eigenvalue weighted by Gasteiger charge is 2.43. The minimum absolute atomic E-state index is 0.0550. The van der Waals surface area contributed by atoms with Gasteiger partial charge in [-0.2, -0.15) is 9.97 Å². The summed E-state index contributed by atoms with van der Waals surface area (Å²) in [4.78, 5) is 16.0. The Morgan fingerprint density at radius 1 is 0.426 bits per heavy atom. The van der Waals surface area contributed by atoms with Crippen molar-refractivity contribution in [3.8, 4) is 45.5 Å². The lowest BCUT2D eigenvalue weighted by atomic mass is 9.80. The molecule has 0 amide bonds. The van der Waals surface area contributed by atoms with Gasteiger partial charge in [-0.15, -0.1) is 0 Å². The van der Waals surface area contributed by atoms with Crippen LogP contribution in [0.4, 0.5) is 0 Å². The fourth-order valence-corrected chi connectivity index (χ4v) is 10.9. The van der Waals surface area contributed by atoms with Gasteiger partial charge >= 0.3 is 0 Å². The molecule has 0 saturated heterocycles. The van der Waals surface area contributed by atoms with Crippen molar-refractivity contribution in [2.45, 2.75) is 44.9 Å². The van der Waals surface area contributed by atoms with E-state index < -0.39 is 0 Å². The van der Waals surface area contributed by atoms with Gasteiger partial charge in [0.05, 0.1) is 22.1 Å². The molecule has 61 heavy (non-hydrogen) atoms. The van der Waals surface area contributed by atoms with Crippen LogP contribution in [0.3, 0.4) is 0 Å². The van der Waals surface area contributed by atoms with Crippen molar-refractivity contribution in [3.05, 3.63) is 187 Å². The van der Waals surface area contributed by atoms with E-state index in [0.717, 1.165) is 66.8 Å². The predicted octanol–water partition coefficient (Wildman–Crippen LogP) is 14.2. The highest BCUT2D eigenvalue weighted by Crippen LogP contribution is 2.53. The van der Waals surface area contributed by atoms with Gasteiger partial charge in [0, 0.05) is 38.4 Å². The highest BCUT2D eigenvalue weighted by molar-refractivity contribution is 6.23. The molecule has 0 unspecified atom stereocenters. The Labute approximate surface area is 354 Å². The Hall–Kier alpha value is -7.37. The third-order valence-electron chi connectivity index (χ3n) is 13.1. The maximum Gasteiger partial charge on any atom is 0.238 e. The van der Waals surface area contributed by atoms with E-state index in [-0.39, 0.29) is 10.8 Å². The molecule has 292 valence electrons. The molecular weight excluding hydrogens is 743 g/mol. The standard InChI is InChI=1S/C56H43N5/c1-55(2)34-56(3,4)49-40(26-16-28-46(49)55)37-21-14-22-38(33-37)60-47-29-12-10-24-41(47)43-31-32-44-42-25-11-13-30-48(42)61(51(44)50(43)60)54-58-52(36-18-6-5-7-19-36)57-53(59-54)45-27-15-20-35-17-8-9-23-39(35)45/h5-33H,34H2,1-4H3. The zero-order valence-corrected chi connectivity index (χ0v) is 34.7.